The Morgan fingerprint density at radius 3 is 2.48 bits per heavy atom. The van der Waals surface area contributed by atoms with Gasteiger partial charge in [-0.3, -0.25) is 4.79 Å². The summed E-state index contributed by atoms with van der Waals surface area (Å²) >= 11 is 1.72. The van der Waals surface area contributed by atoms with E-state index >= 15 is 0 Å². The number of hydrogen-bond acceptors (Lipinski definition) is 8. The lowest BCUT2D eigenvalue weighted by molar-refractivity contribution is -0.138. The van der Waals surface area contributed by atoms with Crippen LogP contribution in [-0.2, 0) is 20.9 Å². The van der Waals surface area contributed by atoms with Gasteiger partial charge in [0.15, 0.2) is 17.3 Å². The number of hydrogen-bond donors (Lipinski definition) is 1. The number of allylic oxidation sites excluding steroid dienone is 3. The van der Waals surface area contributed by atoms with Crippen LogP contribution in [0.1, 0.15) is 55.2 Å². The zero-order valence-electron chi connectivity index (χ0n) is 25.7. The molecule has 0 bridgehead atoms. The van der Waals surface area contributed by atoms with E-state index in [-0.39, 0.29) is 11.7 Å². The molecule has 3 aromatic carbocycles. The molecule has 1 aliphatic carbocycles. The summed E-state index contributed by atoms with van der Waals surface area (Å²) < 4.78 is 22.8. The molecule has 5 rings (SSSR count). The van der Waals surface area contributed by atoms with Crippen LogP contribution < -0.4 is 19.5 Å². The molecule has 3 aromatic rings. The van der Waals surface area contributed by atoms with E-state index in [2.05, 4.69) is 12.2 Å². The van der Waals surface area contributed by atoms with Crippen molar-refractivity contribution in [2.75, 3.05) is 32.3 Å². The third-order valence-corrected chi connectivity index (χ3v) is 8.89. The Morgan fingerprint density at radius 2 is 1.73 bits per heavy atom. The first-order chi connectivity index (χ1) is 21.4. The fourth-order valence-corrected chi connectivity index (χ4v) is 6.42. The van der Waals surface area contributed by atoms with Gasteiger partial charge in [-0.25, -0.2) is 4.79 Å². The Kier molecular flexibility index (Phi) is 10.3. The third kappa shape index (κ3) is 6.97. The van der Waals surface area contributed by atoms with Gasteiger partial charge in [-0.05, 0) is 66.0 Å². The lowest BCUT2D eigenvalue weighted by Gasteiger charge is -2.37. The largest absolute Gasteiger partial charge is 0.493 e. The maximum atomic E-state index is 14.1. The Bertz CT molecular complexity index is 1560. The number of ether oxygens (including phenoxy) is 4. The Hall–Kier alpha value is -4.17. The molecule has 44 heavy (non-hydrogen) atoms. The molecule has 1 aliphatic heterocycles. The van der Waals surface area contributed by atoms with Gasteiger partial charge in [0.1, 0.15) is 19.0 Å². The van der Waals surface area contributed by atoms with Crippen molar-refractivity contribution in [1.29, 1.82) is 0 Å². The summed E-state index contributed by atoms with van der Waals surface area (Å²) in [6, 6.07) is 23.5. The number of carbonyl (C=O) groups excluding carboxylic acids is 2. The van der Waals surface area contributed by atoms with Crippen LogP contribution in [-0.4, -0.2) is 44.1 Å². The van der Waals surface area contributed by atoms with E-state index in [4.69, 9.17) is 18.9 Å². The van der Waals surface area contributed by atoms with Gasteiger partial charge in [0, 0.05) is 35.1 Å². The van der Waals surface area contributed by atoms with Gasteiger partial charge in [-0.2, -0.15) is 11.8 Å². The molecule has 0 aromatic heterocycles. The summed E-state index contributed by atoms with van der Waals surface area (Å²) in [4.78, 5) is 27.7. The maximum absolute atomic E-state index is 14.1. The second-order valence-electron chi connectivity index (χ2n) is 10.8. The number of ketones is 1. The van der Waals surface area contributed by atoms with Gasteiger partial charge in [0.2, 0.25) is 0 Å². The number of dihydropyridines is 1. The quantitative estimate of drug-likeness (QED) is 0.174. The molecule has 0 unspecified atom stereocenters. The van der Waals surface area contributed by atoms with Crippen molar-refractivity contribution in [1.82, 2.24) is 5.32 Å². The number of benzene rings is 3. The van der Waals surface area contributed by atoms with Crippen molar-refractivity contribution in [2.45, 2.75) is 45.1 Å². The fraction of sp³-hybridized carbons (Fsp3) is 0.333. The highest BCUT2D eigenvalue weighted by Gasteiger charge is 2.41. The molecule has 2 aliphatic rings. The summed E-state index contributed by atoms with van der Waals surface area (Å²) in [6.45, 7) is 4.68. The molecule has 2 atom stereocenters. The smallest absolute Gasteiger partial charge is 0.336 e. The molecule has 0 amide bonds. The minimum Gasteiger partial charge on any atom is -0.493 e. The fourth-order valence-electron chi connectivity index (χ4n) is 5.93. The van der Waals surface area contributed by atoms with E-state index in [9.17, 15) is 9.59 Å². The van der Waals surface area contributed by atoms with E-state index in [1.54, 1.807) is 26.0 Å². The minimum atomic E-state index is -0.572. The van der Waals surface area contributed by atoms with Crippen LogP contribution in [0.5, 0.6) is 17.2 Å². The lowest BCUT2D eigenvalue weighted by atomic mass is 9.71. The highest BCUT2D eigenvalue weighted by Crippen LogP contribution is 2.47. The first-order valence-corrected chi connectivity index (χ1v) is 16.1. The standard InChI is InChI=1S/C36H39NO6S/c1-5-44-17-16-42-36(39)33-23(2)37-29-19-27(25-14-15-31(40-3)32(21-25)41-4)20-30(38)35(29)34(33)26-12-9-13-28(18-26)43-22-24-10-7-6-8-11-24/h6-15,18,21,27,34,37H,5,16-17,19-20,22H2,1-4H3/t27-,34-/m0/s1. The van der Waals surface area contributed by atoms with Crippen molar-refractivity contribution < 1.29 is 28.5 Å². The summed E-state index contributed by atoms with van der Waals surface area (Å²) in [5, 5.41) is 3.44. The van der Waals surface area contributed by atoms with Gasteiger partial charge in [0.05, 0.1) is 19.8 Å². The Labute approximate surface area is 263 Å². The molecule has 1 heterocycles. The molecule has 230 valence electrons. The monoisotopic (exact) mass is 613 g/mol. The molecule has 1 N–H and O–H groups in total. The van der Waals surface area contributed by atoms with Crippen molar-refractivity contribution in [3.63, 3.8) is 0 Å². The van der Waals surface area contributed by atoms with Crippen LogP contribution in [0.15, 0.2) is 95.3 Å². The van der Waals surface area contributed by atoms with Crippen molar-refractivity contribution in [3.8, 4) is 17.2 Å². The summed E-state index contributed by atoms with van der Waals surface area (Å²) in [7, 11) is 3.21. The number of Topliss-reactive ketones (excluding diaryl/α,β-unsaturated/α-hetero) is 1. The first-order valence-electron chi connectivity index (χ1n) is 14.9. The molecule has 0 fully saturated rings. The molecule has 0 saturated carbocycles. The van der Waals surface area contributed by atoms with Crippen LogP contribution in [0.25, 0.3) is 0 Å². The van der Waals surface area contributed by atoms with Gasteiger partial charge >= 0.3 is 5.97 Å². The number of rotatable bonds is 12. The van der Waals surface area contributed by atoms with E-state index in [0.29, 0.717) is 60.1 Å². The highest BCUT2D eigenvalue weighted by atomic mass is 32.2. The van der Waals surface area contributed by atoms with Gasteiger partial charge < -0.3 is 24.3 Å². The molecule has 0 saturated heterocycles. The number of carbonyl (C=O) groups is 2. The zero-order chi connectivity index (χ0) is 31.1. The van der Waals surface area contributed by atoms with E-state index in [1.807, 2.05) is 79.7 Å². The molecule has 0 spiro atoms. The number of nitrogens with one attached hydrogen (secondary N) is 1. The van der Waals surface area contributed by atoms with Gasteiger partial charge in [-0.15, -0.1) is 0 Å². The SMILES string of the molecule is CCSCCOC(=O)C1=C(C)NC2=C(C(=O)C[C@@H](c3ccc(OC)c(OC)c3)C2)[C@H]1c1cccc(OCc2ccccc2)c1. The maximum Gasteiger partial charge on any atom is 0.336 e. The van der Waals surface area contributed by atoms with Crippen molar-refractivity contribution in [2.24, 2.45) is 0 Å². The highest BCUT2D eigenvalue weighted by molar-refractivity contribution is 7.99. The summed E-state index contributed by atoms with van der Waals surface area (Å²) in [5.41, 5.74) is 5.47. The van der Waals surface area contributed by atoms with Crippen molar-refractivity contribution >= 4 is 23.5 Å². The number of methoxy groups -OCH3 is 2. The second-order valence-corrected chi connectivity index (χ2v) is 12.2. The van der Waals surface area contributed by atoms with Gasteiger partial charge in [0.25, 0.3) is 0 Å². The van der Waals surface area contributed by atoms with E-state index in [0.717, 1.165) is 33.9 Å². The van der Waals surface area contributed by atoms with E-state index < -0.39 is 11.9 Å². The van der Waals surface area contributed by atoms with E-state index in [1.165, 1.54) is 0 Å². The van der Waals surface area contributed by atoms with Crippen LogP contribution in [0.2, 0.25) is 0 Å². The Morgan fingerprint density at radius 1 is 0.932 bits per heavy atom. The first kappa shape index (κ1) is 31.3. The summed E-state index contributed by atoms with van der Waals surface area (Å²) in [5.74, 6) is 2.57. The molecular formula is C36H39NO6S. The minimum absolute atomic E-state index is 0.00141. The predicted octanol–water partition coefficient (Wildman–Crippen LogP) is 6.94. The number of thioether (sulfide) groups is 1. The molecule has 0 radical (unpaired) electrons. The van der Waals surface area contributed by atoms with Crippen LogP contribution in [0, 0.1) is 0 Å². The van der Waals surface area contributed by atoms with Gasteiger partial charge in [-0.1, -0.05) is 55.5 Å². The summed E-state index contributed by atoms with van der Waals surface area (Å²) in [6.07, 6.45) is 0.926. The van der Waals surface area contributed by atoms with Crippen LogP contribution >= 0.6 is 11.8 Å². The second kappa shape index (κ2) is 14.5. The normalized spacial score (nSPS) is 18.0. The average Bonchev–Trinajstić information content (AvgIpc) is 3.05. The molecule has 8 heteroatoms. The van der Waals surface area contributed by atoms with Crippen LogP contribution in [0.4, 0.5) is 0 Å². The Balaban J connectivity index is 1.49. The van der Waals surface area contributed by atoms with Crippen molar-refractivity contribution in [3.05, 3.63) is 112 Å². The third-order valence-electron chi connectivity index (χ3n) is 8.03. The topological polar surface area (TPSA) is 83.1 Å². The van der Waals surface area contributed by atoms with Crippen LogP contribution in [0.3, 0.4) is 0 Å². The average molecular weight is 614 g/mol. The zero-order valence-corrected chi connectivity index (χ0v) is 26.5. The number of esters is 1. The molecular weight excluding hydrogens is 574 g/mol. The lowest BCUT2D eigenvalue weighted by Crippen LogP contribution is -2.36. The molecule has 7 nitrogen and oxygen atoms in total. The predicted molar refractivity (Wildman–Crippen MR) is 173 cm³/mol.